The van der Waals surface area contributed by atoms with Gasteiger partial charge in [-0.15, -0.1) is 0 Å². The van der Waals surface area contributed by atoms with Crippen molar-refractivity contribution in [3.63, 3.8) is 0 Å². The number of anilines is 1. The molecule has 2 aromatic heterocycles. The van der Waals surface area contributed by atoms with Gasteiger partial charge in [0.1, 0.15) is 16.3 Å². The maximum atomic E-state index is 13.7. The van der Waals surface area contributed by atoms with Gasteiger partial charge in [-0.1, -0.05) is 6.07 Å². The molecule has 190 valence electrons. The SMILES string of the molecule is CCOC(=O)c1c(C)[nH]c(C)c1S(=O)(=O)N1CCC[C@H](C(=O)N2CCN(c3ccccn3)CC2)C1. The summed E-state index contributed by atoms with van der Waals surface area (Å²) < 4.78 is 33.8. The Hall–Kier alpha value is -2.92. The van der Waals surface area contributed by atoms with Crippen LogP contribution in [-0.2, 0) is 19.6 Å². The lowest BCUT2D eigenvalue weighted by Gasteiger charge is -2.39. The number of H-pyrrole nitrogens is 1. The van der Waals surface area contributed by atoms with Gasteiger partial charge in [0.25, 0.3) is 0 Å². The zero-order valence-corrected chi connectivity index (χ0v) is 21.3. The number of nitrogens with one attached hydrogen (secondary N) is 1. The summed E-state index contributed by atoms with van der Waals surface area (Å²) in [6.07, 6.45) is 2.98. The molecule has 35 heavy (non-hydrogen) atoms. The van der Waals surface area contributed by atoms with E-state index in [9.17, 15) is 18.0 Å². The van der Waals surface area contributed by atoms with Crippen LogP contribution in [0, 0.1) is 19.8 Å². The molecule has 0 bridgehead atoms. The third-order valence-corrected chi connectivity index (χ3v) is 8.73. The average Bonchev–Trinajstić information content (AvgIpc) is 3.18. The molecule has 4 rings (SSSR count). The molecule has 10 nitrogen and oxygen atoms in total. The van der Waals surface area contributed by atoms with E-state index < -0.39 is 21.9 Å². The van der Waals surface area contributed by atoms with E-state index in [-0.39, 0.29) is 29.5 Å². The number of amides is 1. The van der Waals surface area contributed by atoms with Crippen molar-refractivity contribution < 1.29 is 22.7 Å². The Bertz CT molecular complexity index is 1170. The molecular formula is C24H33N5O5S. The molecule has 0 aromatic carbocycles. The van der Waals surface area contributed by atoms with Crippen molar-refractivity contribution in [1.82, 2.24) is 19.2 Å². The van der Waals surface area contributed by atoms with Gasteiger partial charge in [0.2, 0.25) is 15.9 Å². The van der Waals surface area contributed by atoms with Gasteiger partial charge in [-0.3, -0.25) is 4.79 Å². The molecule has 1 N–H and O–H groups in total. The van der Waals surface area contributed by atoms with Crippen LogP contribution in [0.4, 0.5) is 5.82 Å². The minimum atomic E-state index is -3.99. The number of nitrogens with zero attached hydrogens (tertiary/aromatic N) is 4. The van der Waals surface area contributed by atoms with Gasteiger partial charge in [0, 0.05) is 56.9 Å². The van der Waals surface area contributed by atoms with Crippen LogP contribution in [0.2, 0.25) is 0 Å². The Labute approximate surface area is 206 Å². The third kappa shape index (κ3) is 5.06. The van der Waals surface area contributed by atoms with Crippen LogP contribution >= 0.6 is 0 Å². The van der Waals surface area contributed by atoms with Gasteiger partial charge < -0.3 is 19.5 Å². The summed E-state index contributed by atoms with van der Waals surface area (Å²) in [5.41, 5.74) is 0.892. The molecule has 2 aliphatic rings. The topological polar surface area (TPSA) is 116 Å². The Kier molecular flexibility index (Phi) is 7.46. The smallest absolute Gasteiger partial charge is 0.341 e. The lowest BCUT2D eigenvalue weighted by molar-refractivity contribution is -0.137. The molecule has 2 aromatic rings. The van der Waals surface area contributed by atoms with Crippen molar-refractivity contribution in [2.75, 3.05) is 50.8 Å². The summed E-state index contributed by atoms with van der Waals surface area (Å²) in [6, 6.07) is 5.77. The number of pyridine rings is 1. The zero-order chi connectivity index (χ0) is 25.2. The monoisotopic (exact) mass is 503 g/mol. The predicted octanol–water partition coefficient (Wildman–Crippen LogP) is 1.95. The maximum absolute atomic E-state index is 13.7. The molecule has 0 spiro atoms. The number of sulfonamides is 1. The first-order chi connectivity index (χ1) is 16.7. The van der Waals surface area contributed by atoms with E-state index in [4.69, 9.17) is 4.74 Å². The van der Waals surface area contributed by atoms with Gasteiger partial charge in [0.05, 0.1) is 12.5 Å². The van der Waals surface area contributed by atoms with E-state index in [1.165, 1.54) is 4.31 Å². The van der Waals surface area contributed by atoms with Crippen molar-refractivity contribution in [2.45, 2.75) is 38.5 Å². The number of carbonyl (C=O) groups is 2. The number of aromatic nitrogens is 2. The maximum Gasteiger partial charge on any atom is 0.341 e. The van der Waals surface area contributed by atoms with Crippen LogP contribution in [-0.4, -0.2) is 85.3 Å². The summed E-state index contributed by atoms with van der Waals surface area (Å²) in [6.45, 7) is 8.04. The van der Waals surface area contributed by atoms with Gasteiger partial charge in [0.15, 0.2) is 0 Å². The minimum absolute atomic E-state index is 0.0156. The number of aromatic amines is 1. The first kappa shape index (κ1) is 25.2. The minimum Gasteiger partial charge on any atom is -0.462 e. The van der Waals surface area contributed by atoms with E-state index in [1.807, 2.05) is 23.1 Å². The molecule has 0 unspecified atom stereocenters. The second-order valence-electron chi connectivity index (χ2n) is 9.00. The highest BCUT2D eigenvalue weighted by atomic mass is 32.2. The molecule has 0 saturated carbocycles. The van der Waals surface area contributed by atoms with Crippen LogP contribution in [0.25, 0.3) is 0 Å². The number of rotatable bonds is 6. The summed E-state index contributed by atoms with van der Waals surface area (Å²) >= 11 is 0. The molecule has 0 aliphatic carbocycles. The predicted molar refractivity (Wildman–Crippen MR) is 131 cm³/mol. The van der Waals surface area contributed by atoms with Crippen LogP contribution in [0.3, 0.4) is 0 Å². The molecule has 2 fully saturated rings. The highest BCUT2D eigenvalue weighted by Gasteiger charge is 2.39. The second kappa shape index (κ2) is 10.4. The van der Waals surface area contributed by atoms with Gasteiger partial charge >= 0.3 is 5.97 Å². The number of piperidine rings is 1. The highest BCUT2D eigenvalue weighted by Crippen LogP contribution is 2.31. The molecule has 1 atom stereocenters. The van der Waals surface area contributed by atoms with Crippen molar-refractivity contribution in [3.8, 4) is 0 Å². The normalized spacial score (nSPS) is 19.6. The van der Waals surface area contributed by atoms with Crippen LogP contribution < -0.4 is 4.90 Å². The summed E-state index contributed by atoms with van der Waals surface area (Å²) in [4.78, 5) is 37.2. The number of hydrogen-bond donors (Lipinski definition) is 1. The number of esters is 1. The summed E-state index contributed by atoms with van der Waals surface area (Å²) in [5, 5.41) is 0. The summed E-state index contributed by atoms with van der Waals surface area (Å²) in [5.74, 6) is -0.197. The van der Waals surface area contributed by atoms with Crippen LogP contribution in [0.1, 0.15) is 41.5 Å². The first-order valence-corrected chi connectivity index (χ1v) is 13.5. The highest BCUT2D eigenvalue weighted by molar-refractivity contribution is 7.89. The van der Waals surface area contributed by atoms with Gasteiger partial charge in [-0.2, -0.15) is 4.31 Å². The molecular weight excluding hydrogens is 470 g/mol. The lowest BCUT2D eigenvalue weighted by Crippen LogP contribution is -2.53. The van der Waals surface area contributed by atoms with Crippen molar-refractivity contribution >= 4 is 27.7 Å². The molecule has 11 heteroatoms. The lowest BCUT2D eigenvalue weighted by atomic mass is 9.98. The van der Waals surface area contributed by atoms with Crippen LogP contribution in [0.15, 0.2) is 29.3 Å². The molecule has 2 aliphatic heterocycles. The average molecular weight is 504 g/mol. The number of ether oxygens (including phenoxy) is 1. The number of piperazine rings is 1. The Morgan fingerprint density at radius 1 is 1.11 bits per heavy atom. The first-order valence-electron chi connectivity index (χ1n) is 12.0. The van der Waals surface area contributed by atoms with E-state index >= 15 is 0 Å². The van der Waals surface area contributed by atoms with E-state index in [2.05, 4.69) is 14.9 Å². The Morgan fingerprint density at radius 2 is 1.86 bits per heavy atom. The Balaban J connectivity index is 1.47. The number of hydrogen-bond acceptors (Lipinski definition) is 7. The second-order valence-corrected chi connectivity index (χ2v) is 10.9. The Morgan fingerprint density at radius 3 is 2.51 bits per heavy atom. The molecule has 4 heterocycles. The van der Waals surface area contributed by atoms with E-state index in [1.54, 1.807) is 27.0 Å². The summed E-state index contributed by atoms with van der Waals surface area (Å²) in [7, 11) is -3.99. The van der Waals surface area contributed by atoms with Gasteiger partial charge in [-0.25, -0.2) is 18.2 Å². The zero-order valence-electron chi connectivity index (χ0n) is 20.5. The molecule has 1 amide bonds. The van der Waals surface area contributed by atoms with Gasteiger partial charge in [-0.05, 0) is 45.7 Å². The number of aryl methyl sites for hydroxylation is 2. The van der Waals surface area contributed by atoms with Crippen molar-refractivity contribution in [3.05, 3.63) is 41.3 Å². The largest absolute Gasteiger partial charge is 0.462 e. The van der Waals surface area contributed by atoms with Crippen molar-refractivity contribution in [1.29, 1.82) is 0 Å². The van der Waals surface area contributed by atoms with E-state index in [0.717, 1.165) is 5.82 Å². The fourth-order valence-corrected chi connectivity index (χ4v) is 6.91. The van der Waals surface area contributed by atoms with Crippen LogP contribution in [0.5, 0.6) is 0 Å². The standard InChI is InChI=1S/C24H33N5O5S/c1-4-34-24(31)21-17(2)26-18(3)22(21)35(32,33)29-11-7-8-19(16-29)23(30)28-14-12-27(13-15-28)20-9-5-6-10-25-20/h5-6,9-10,19,26H,4,7-8,11-16H2,1-3H3/t19-/m0/s1. The number of carbonyl (C=O) groups excluding carboxylic acids is 2. The molecule has 0 radical (unpaired) electrons. The fraction of sp³-hybridized carbons (Fsp3) is 0.542. The van der Waals surface area contributed by atoms with E-state index in [0.29, 0.717) is 57.0 Å². The van der Waals surface area contributed by atoms with Crippen molar-refractivity contribution in [2.24, 2.45) is 5.92 Å². The third-order valence-electron chi connectivity index (χ3n) is 6.69. The fourth-order valence-electron chi connectivity index (χ4n) is 4.98. The quantitative estimate of drug-likeness (QED) is 0.599. The molecule has 2 saturated heterocycles.